The smallest absolute Gasteiger partial charge is 0.423 e. The summed E-state index contributed by atoms with van der Waals surface area (Å²) in [4.78, 5) is 12.0. The average Bonchev–Trinajstić information content (AvgIpc) is 2.81. The number of benzene rings is 2. The number of nitrogens with zero attached hydrogens (tertiary/aromatic N) is 1. The van der Waals surface area contributed by atoms with Gasteiger partial charge >= 0.3 is 7.12 Å². The highest BCUT2D eigenvalue weighted by molar-refractivity contribution is 7.99. The summed E-state index contributed by atoms with van der Waals surface area (Å²) in [6.45, 7) is 0.430. The van der Waals surface area contributed by atoms with E-state index in [4.69, 9.17) is 4.65 Å². The molecule has 0 saturated heterocycles. The van der Waals surface area contributed by atoms with E-state index >= 15 is 0 Å². The Kier molecular flexibility index (Phi) is 3.48. The molecule has 0 bridgehead atoms. The van der Waals surface area contributed by atoms with Gasteiger partial charge in [-0.05, 0) is 35.3 Å². The first-order valence-corrected chi connectivity index (χ1v) is 6.80. The van der Waals surface area contributed by atoms with E-state index in [9.17, 15) is 15.1 Å². The Morgan fingerprint density at radius 3 is 2.60 bits per heavy atom. The second kappa shape index (κ2) is 5.28. The van der Waals surface area contributed by atoms with Crippen LogP contribution in [0.3, 0.4) is 0 Å². The number of nitro benzene ring substituents is 1. The van der Waals surface area contributed by atoms with Crippen molar-refractivity contribution in [1.82, 2.24) is 0 Å². The molecule has 1 aliphatic rings. The van der Waals surface area contributed by atoms with Crippen LogP contribution in [0.2, 0.25) is 0 Å². The van der Waals surface area contributed by atoms with E-state index in [0.717, 1.165) is 20.8 Å². The van der Waals surface area contributed by atoms with Crippen LogP contribution in [0.15, 0.2) is 52.3 Å². The molecule has 1 aliphatic heterocycles. The highest BCUT2D eigenvalue weighted by atomic mass is 32.2. The molecule has 20 heavy (non-hydrogen) atoms. The average molecular weight is 287 g/mol. The summed E-state index contributed by atoms with van der Waals surface area (Å²) in [6, 6.07) is 12.2. The molecule has 1 N–H and O–H groups in total. The van der Waals surface area contributed by atoms with Crippen molar-refractivity contribution in [2.75, 3.05) is 0 Å². The van der Waals surface area contributed by atoms with Crippen LogP contribution in [-0.4, -0.2) is 17.1 Å². The molecular formula is C13H10BNO4S. The van der Waals surface area contributed by atoms with Crippen molar-refractivity contribution in [2.45, 2.75) is 16.4 Å². The van der Waals surface area contributed by atoms with E-state index in [0.29, 0.717) is 6.61 Å². The summed E-state index contributed by atoms with van der Waals surface area (Å²) in [5.41, 5.74) is 1.86. The lowest BCUT2D eigenvalue weighted by Crippen LogP contribution is -2.27. The lowest BCUT2D eigenvalue weighted by Gasteiger charge is -2.04. The van der Waals surface area contributed by atoms with Crippen LogP contribution in [0.25, 0.3) is 0 Å². The summed E-state index contributed by atoms with van der Waals surface area (Å²) in [5, 5.41) is 20.3. The predicted molar refractivity (Wildman–Crippen MR) is 76.1 cm³/mol. The summed E-state index contributed by atoms with van der Waals surface area (Å²) in [6.07, 6.45) is 0. The molecule has 2 aromatic carbocycles. The van der Waals surface area contributed by atoms with Gasteiger partial charge in [-0.15, -0.1) is 0 Å². The summed E-state index contributed by atoms with van der Waals surface area (Å²) >= 11 is 1.49. The summed E-state index contributed by atoms with van der Waals surface area (Å²) < 4.78 is 5.14. The zero-order valence-corrected chi connectivity index (χ0v) is 11.2. The summed E-state index contributed by atoms with van der Waals surface area (Å²) in [5.74, 6) is 0. The Balaban J connectivity index is 1.81. The Labute approximate surface area is 119 Å². The van der Waals surface area contributed by atoms with E-state index < -0.39 is 12.0 Å². The van der Waals surface area contributed by atoms with Crippen LogP contribution >= 0.6 is 11.8 Å². The molecule has 0 radical (unpaired) electrons. The second-order valence-electron chi connectivity index (χ2n) is 4.38. The van der Waals surface area contributed by atoms with E-state index in [2.05, 4.69) is 0 Å². The lowest BCUT2D eigenvalue weighted by atomic mass is 9.80. The van der Waals surface area contributed by atoms with Crippen molar-refractivity contribution in [2.24, 2.45) is 0 Å². The second-order valence-corrected chi connectivity index (χ2v) is 5.52. The SMILES string of the molecule is O=[N+]([O-])c1ccc(Sc2ccc3c(c2)B(O)OC3)cc1. The van der Waals surface area contributed by atoms with Gasteiger partial charge in [-0.3, -0.25) is 10.1 Å². The number of fused-ring (bicyclic) bond motifs is 1. The maximum atomic E-state index is 10.6. The van der Waals surface area contributed by atoms with Gasteiger partial charge in [0.2, 0.25) is 0 Å². The zero-order valence-electron chi connectivity index (χ0n) is 10.4. The summed E-state index contributed by atoms with van der Waals surface area (Å²) in [7, 11) is -0.859. The first-order chi connectivity index (χ1) is 9.63. The molecule has 0 spiro atoms. The highest BCUT2D eigenvalue weighted by Gasteiger charge is 2.27. The lowest BCUT2D eigenvalue weighted by molar-refractivity contribution is -0.384. The Morgan fingerprint density at radius 2 is 1.90 bits per heavy atom. The quantitative estimate of drug-likeness (QED) is 0.531. The van der Waals surface area contributed by atoms with Crippen LogP contribution in [0, 0.1) is 10.1 Å². The Hall–Kier alpha value is -1.83. The molecule has 1 heterocycles. The molecule has 0 aliphatic carbocycles. The van der Waals surface area contributed by atoms with Crippen LogP contribution in [0.4, 0.5) is 5.69 Å². The minimum Gasteiger partial charge on any atom is -0.423 e. The van der Waals surface area contributed by atoms with Gasteiger partial charge in [-0.2, -0.15) is 0 Å². The minimum atomic E-state index is -0.859. The van der Waals surface area contributed by atoms with Crippen LogP contribution < -0.4 is 5.46 Å². The first kappa shape index (κ1) is 13.2. The van der Waals surface area contributed by atoms with Crippen molar-refractivity contribution in [3.8, 4) is 0 Å². The van der Waals surface area contributed by atoms with Crippen molar-refractivity contribution >= 4 is 30.0 Å². The van der Waals surface area contributed by atoms with Gasteiger partial charge < -0.3 is 9.68 Å². The maximum absolute atomic E-state index is 10.6. The number of nitro groups is 1. The van der Waals surface area contributed by atoms with Crippen molar-refractivity contribution in [3.63, 3.8) is 0 Å². The Morgan fingerprint density at radius 1 is 1.20 bits per heavy atom. The van der Waals surface area contributed by atoms with E-state index in [1.165, 1.54) is 23.9 Å². The zero-order chi connectivity index (χ0) is 14.1. The standard InChI is InChI=1S/C13H10BNO4S/c16-14-13-7-12(4-1-9(13)8-19-14)20-11-5-2-10(3-6-11)15(17)18/h1-7,16H,8H2. The van der Waals surface area contributed by atoms with Crippen molar-refractivity contribution in [3.05, 3.63) is 58.1 Å². The molecule has 0 saturated carbocycles. The van der Waals surface area contributed by atoms with E-state index in [-0.39, 0.29) is 5.69 Å². The molecule has 0 aromatic heterocycles. The number of hydrogen-bond acceptors (Lipinski definition) is 5. The van der Waals surface area contributed by atoms with Gasteiger partial charge in [-0.25, -0.2) is 0 Å². The van der Waals surface area contributed by atoms with Gasteiger partial charge in [0.15, 0.2) is 0 Å². The molecule has 2 aromatic rings. The number of non-ortho nitro benzene ring substituents is 1. The molecule has 0 atom stereocenters. The number of hydrogen-bond donors (Lipinski definition) is 1. The predicted octanol–water partition coefficient (Wildman–Crippen LogP) is 1.96. The fourth-order valence-corrected chi connectivity index (χ4v) is 2.89. The topological polar surface area (TPSA) is 72.6 Å². The van der Waals surface area contributed by atoms with Crippen LogP contribution in [0.1, 0.15) is 5.56 Å². The van der Waals surface area contributed by atoms with Gasteiger partial charge in [-0.1, -0.05) is 17.8 Å². The van der Waals surface area contributed by atoms with E-state index in [1.54, 1.807) is 12.1 Å². The van der Waals surface area contributed by atoms with Gasteiger partial charge in [0, 0.05) is 21.9 Å². The molecule has 0 amide bonds. The molecule has 0 fully saturated rings. The molecule has 100 valence electrons. The molecule has 3 rings (SSSR count). The third-order valence-electron chi connectivity index (χ3n) is 3.06. The monoisotopic (exact) mass is 287 g/mol. The molecule has 5 nitrogen and oxygen atoms in total. The van der Waals surface area contributed by atoms with Crippen molar-refractivity contribution < 1.29 is 14.6 Å². The van der Waals surface area contributed by atoms with Crippen molar-refractivity contribution in [1.29, 1.82) is 0 Å². The van der Waals surface area contributed by atoms with Gasteiger partial charge in [0.25, 0.3) is 5.69 Å². The largest absolute Gasteiger partial charge is 0.491 e. The minimum absolute atomic E-state index is 0.0760. The van der Waals surface area contributed by atoms with Gasteiger partial charge in [0.1, 0.15) is 0 Å². The first-order valence-electron chi connectivity index (χ1n) is 5.98. The normalized spacial score (nSPS) is 13.3. The highest BCUT2D eigenvalue weighted by Crippen LogP contribution is 2.29. The maximum Gasteiger partial charge on any atom is 0.491 e. The molecular weight excluding hydrogens is 277 g/mol. The van der Waals surface area contributed by atoms with Crippen LogP contribution in [0.5, 0.6) is 0 Å². The Bertz CT molecular complexity index is 662. The third kappa shape index (κ3) is 2.56. The van der Waals surface area contributed by atoms with Gasteiger partial charge in [0.05, 0.1) is 11.5 Å². The number of rotatable bonds is 3. The molecule has 7 heteroatoms. The fourth-order valence-electron chi connectivity index (χ4n) is 2.03. The van der Waals surface area contributed by atoms with E-state index in [1.807, 2.05) is 18.2 Å². The van der Waals surface area contributed by atoms with Crippen LogP contribution in [-0.2, 0) is 11.3 Å². The fraction of sp³-hybridized carbons (Fsp3) is 0.0769. The molecule has 0 unspecified atom stereocenters. The third-order valence-corrected chi connectivity index (χ3v) is 4.06.